The zero-order chi connectivity index (χ0) is 16.1. The Morgan fingerprint density at radius 2 is 1.74 bits per heavy atom. The van der Waals surface area contributed by atoms with Crippen molar-refractivity contribution in [2.24, 2.45) is 0 Å². The molecular weight excluding hydrogens is 292 g/mol. The fourth-order valence-corrected chi connectivity index (χ4v) is 1.97. The predicted molar refractivity (Wildman–Crippen MR) is 86.2 cm³/mol. The number of anilines is 1. The highest BCUT2D eigenvalue weighted by molar-refractivity contribution is 6.04. The molecule has 6 nitrogen and oxygen atoms in total. The van der Waals surface area contributed by atoms with Crippen molar-refractivity contribution >= 4 is 11.6 Å². The molecule has 0 atom stereocenters. The topological polar surface area (TPSA) is 77.0 Å². The molecule has 3 rings (SSSR count). The second-order valence-electron chi connectivity index (χ2n) is 4.69. The number of aromatic nitrogens is 3. The Bertz CT molecular complexity index is 787. The summed E-state index contributed by atoms with van der Waals surface area (Å²) in [5.74, 6) is 0.972. The lowest BCUT2D eigenvalue weighted by Gasteiger charge is -2.06. The summed E-state index contributed by atoms with van der Waals surface area (Å²) >= 11 is 0. The summed E-state index contributed by atoms with van der Waals surface area (Å²) < 4.78 is 5.06. The van der Waals surface area contributed by atoms with Crippen LogP contribution >= 0.6 is 0 Å². The number of nitrogens with zero attached hydrogens (tertiary/aromatic N) is 3. The highest BCUT2D eigenvalue weighted by Gasteiger charge is 2.08. The lowest BCUT2D eigenvalue weighted by Crippen LogP contribution is -2.12. The van der Waals surface area contributed by atoms with Gasteiger partial charge in [0.2, 0.25) is 0 Å². The third kappa shape index (κ3) is 3.49. The highest BCUT2D eigenvalue weighted by atomic mass is 16.5. The Balaban J connectivity index is 1.71. The van der Waals surface area contributed by atoms with Gasteiger partial charge in [-0.3, -0.25) is 9.78 Å². The standard InChI is InChI=1S/C17H14N4O2/c1-23-14-7-5-12(6-8-14)17(22)21-13-10-19-16(20-11-13)15-4-2-3-9-18-15/h2-11H,1H3,(H,21,22). The normalized spacial score (nSPS) is 10.1. The molecule has 2 aromatic heterocycles. The number of carbonyl (C=O) groups is 1. The van der Waals surface area contributed by atoms with E-state index in [1.165, 1.54) is 0 Å². The quantitative estimate of drug-likeness (QED) is 0.802. The van der Waals surface area contributed by atoms with E-state index in [4.69, 9.17) is 4.74 Å². The van der Waals surface area contributed by atoms with Crippen molar-refractivity contribution < 1.29 is 9.53 Å². The number of ether oxygens (including phenoxy) is 1. The number of nitrogens with one attached hydrogen (secondary N) is 1. The summed E-state index contributed by atoms with van der Waals surface area (Å²) in [7, 11) is 1.58. The van der Waals surface area contributed by atoms with Crippen molar-refractivity contribution in [2.75, 3.05) is 12.4 Å². The predicted octanol–water partition coefficient (Wildman–Crippen LogP) is 2.80. The first-order valence-corrected chi connectivity index (χ1v) is 6.95. The SMILES string of the molecule is COc1ccc(C(=O)Nc2cnc(-c3ccccn3)nc2)cc1. The molecule has 0 aliphatic carbocycles. The van der Waals surface area contributed by atoms with Crippen molar-refractivity contribution in [1.29, 1.82) is 0 Å². The maximum atomic E-state index is 12.1. The molecule has 3 aromatic rings. The molecule has 6 heteroatoms. The van der Waals surface area contributed by atoms with Crippen molar-refractivity contribution in [3.05, 3.63) is 66.6 Å². The van der Waals surface area contributed by atoms with E-state index in [1.807, 2.05) is 18.2 Å². The van der Waals surface area contributed by atoms with E-state index in [9.17, 15) is 4.79 Å². The number of methoxy groups -OCH3 is 1. The van der Waals surface area contributed by atoms with Gasteiger partial charge in [0.05, 0.1) is 25.2 Å². The van der Waals surface area contributed by atoms with Crippen molar-refractivity contribution in [3.8, 4) is 17.3 Å². The Labute approximate surface area is 133 Å². The average molecular weight is 306 g/mol. The second kappa shape index (κ2) is 6.65. The summed E-state index contributed by atoms with van der Waals surface area (Å²) in [6.45, 7) is 0. The lowest BCUT2D eigenvalue weighted by atomic mass is 10.2. The Hall–Kier alpha value is -3.28. The van der Waals surface area contributed by atoms with Crippen LogP contribution in [0, 0.1) is 0 Å². The molecule has 114 valence electrons. The van der Waals surface area contributed by atoms with E-state index in [-0.39, 0.29) is 5.91 Å². The van der Waals surface area contributed by atoms with Crippen LogP contribution < -0.4 is 10.1 Å². The van der Waals surface area contributed by atoms with Crippen LogP contribution in [0.5, 0.6) is 5.75 Å². The van der Waals surface area contributed by atoms with Gasteiger partial charge in [-0.15, -0.1) is 0 Å². The molecule has 1 amide bonds. The molecular formula is C17H14N4O2. The number of benzene rings is 1. The van der Waals surface area contributed by atoms with Crippen molar-refractivity contribution in [2.45, 2.75) is 0 Å². The van der Waals surface area contributed by atoms with E-state index >= 15 is 0 Å². The molecule has 0 unspecified atom stereocenters. The van der Waals surface area contributed by atoms with Gasteiger partial charge in [0.1, 0.15) is 11.4 Å². The minimum absolute atomic E-state index is 0.234. The summed E-state index contributed by atoms with van der Waals surface area (Å²) in [4.78, 5) is 24.8. The molecule has 0 radical (unpaired) electrons. The van der Waals surface area contributed by atoms with Crippen LogP contribution in [0.3, 0.4) is 0 Å². The summed E-state index contributed by atoms with van der Waals surface area (Å²) in [6, 6.07) is 12.4. The Morgan fingerprint density at radius 3 is 2.35 bits per heavy atom. The fourth-order valence-electron chi connectivity index (χ4n) is 1.97. The Morgan fingerprint density at radius 1 is 1.00 bits per heavy atom. The minimum atomic E-state index is -0.234. The van der Waals surface area contributed by atoms with Crippen LogP contribution in [0.1, 0.15) is 10.4 Å². The molecule has 0 saturated carbocycles. The van der Waals surface area contributed by atoms with Gasteiger partial charge in [-0.2, -0.15) is 0 Å². The zero-order valence-electron chi connectivity index (χ0n) is 12.4. The van der Waals surface area contributed by atoms with Gasteiger partial charge in [0.25, 0.3) is 5.91 Å². The second-order valence-corrected chi connectivity index (χ2v) is 4.69. The maximum Gasteiger partial charge on any atom is 0.255 e. The third-order valence-corrected chi connectivity index (χ3v) is 3.16. The van der Waals surface area contributed by atoms with Crippen LogP contribution in [0.25, 0.3) is 11.5 Å². The lowest BCUT2D eigenvalue weighted by molar-refractivity contribution is 0.102. The van der Waals surface area contributed by atoms with Gasteiger partial charge in [-0.05, 0) is 36.4 Å². The first kappa shape index (κ1) is 14.6. The van der Waals surface area contributed by atoms with Gasteiger partial charge in [-0.25, -0.2) is 9.97 Å². The summed E-state index contributed by atoms with van der Waals surface area (Å²) in [5.41, 5.74) is 1.73. The molecule has 2 heterocycles. The molecule has 0 aliphatic rings. The van der Waals surface area contributed by atoms with Gasteiger partial charge >= 0.3 is 0 Å². The zero-order valence-corrected chi connectivity index (χ0v) is 12.4. The van der Waals surface area contributed by atoms with E-state index in [0.29, 0.717) is 28.5 Å². The highest BCUT2D eigenvalue weighted by Crippen LogP contribution is 2.15. The summed E-state index contributed by atoms with van der Waals surface area (Å²) in [6.07, 6.45) is 4.79. The number of rotatable bonds is 4. The van der Waals surface area contributed by atoms with Crippen LogP contribution in [0.15, 0.2) is 61.1 Å². The Kier molecular flexibility index (Phi) is 4.24. The third-order valence-electron chi connectivity index (χ3n) is 3.16. The number of hydrogen-bond acceptors (Lipinski definition) is 5. The van der Waals surface area contributed by atoms with E-state index < -0.39 is 0 Å². The van der Waals surface area contributed by atoms with Gasteiger partial charge in [-0.1, -0.05) is 6.07 Å². The number of hydrogen-bond donors (Lipinski definition) is 1. The van der Waals surface area contributed by atoms with E-state index in [0.717, 1.165) is 0 Å². The first-order valence-electron chi connectivity index (χ1n) is 6.95. The van der Waals surface area contributed by atoms with Crippen molar-refractivity contribution in [1.82, 2.24) is 15.0 Å². The molecule has 0 aliphatic heterocycles. The number of amides is 1. The van der Waals surface area contributed by atoms with Crippen LogP contribution in [-0.2, 0) is 0 Å². The van der Waals surface area contributed by atoms with E-state index in [1.54, 1.807) is 50.0 Å². The van der Waals surface area contributed by atoms with E-state index in [2.05, 4.69) is 20.3 Å². The molecule has 1 aromatic carbocycles. The van der Waals surface area contributed by atoms with Crippen LogP contribution in [0.2, 0.25) is 0 Å². The van der Waals surface area contributed by atoms with Crippen LogP contribution in [-0.4, -0.2) is 28.0 Å². The number of carbonyl (C=O) groups excluding carboxylic acids is 1. The molecule has 1 N–H and O–H groups in total. The molecule has 23 heavy (non-hydrogen) atoms. The molecule has 0 spiro atoms. The minimum Gasteiger partial charge on any atom is -0.497 e. The number of pyridine rings is 1. The van der Waals surface area contributed by atoms with Gasteiger partial charge in [0.15, 0.2) is 5.82 Å². The smallest absolute Gasteiger partial charge is 0.255 e. The fraction of sp³-hybridized carbons (Fsp3) is 0.0588. The van der Waals surface area contributed by atoms with Gasteiger partial charge < -0.3 is 10.1 Å². The molecule has 0 bridgehead atoms. The first-order chi connectivity index (χ1) is 11.3. The average Bonchev–Trinajstić information content (AvgIpc) is 2.63. The monoisotopic (exact) mass is 306 g/mol. The van der Waals surface area contributed by atoms with Crippen molar-refractivity contribution in [3.63, 3.8) is 0 Å². The van der Waals surface area contributed by atoms with Crippen LogP contribution in [0.4, 0.5) is 5.69 Å². The molecule has 0 fully saturated rings. The largest absolute Gasteiger partial charge is 0.497 e. The molecule has 0 saturated heterocycles. The van der Waals surface area contributed by atoms with Gasteiger partial charge in [0, 0.05) is 11.8 Å². The maximum absolute atomic E-state index is 12.1. The summed E-state index contributed by atoms with van der Waals surface area (Å²) in [5, 5.41) is 2.75.